The van der Waals surface area contributed by atoms with Crippen LogP contribution >= 0.6 is 0 Å². The Morgan fingerprint density at radius 1 is 1.00 bits per heavy atom. The molecule has 0 bridgehead atoms. The van der Waals surface area contributed by atoms with Crippen molar-refractivity contribution in [3.05, 3.63) is 88.9 Å². The topological polar surface area (TPSA) is 126 Å². The molecule has 1 aromatic heterocycles. The van der Waals surface area contributed by atoms with Crippen molar-refractivity contribution in [2.75, 3.05) is 11.9 Å². The summed E-state index contributed by atoms with van der Waals surface area (Å²) in [6, 6.07) is 15.0. The van der Waals surface area contributed by atoms with Crippen molar-refractivity contribution in [3.63, 3.8) is 0 Å². The van der Waals surface area contributed by atoms with Gasteiger partial charge in [0.25, 0.3) is 17.7 Å². The van der Waals surface area contributed by atoms with E-state index in [0.717, 1.165) is 29.8 Å². The highest BCUT2D eigenvalue weighted by Gasteiger charge is 2.36. The minimum atomic E-state index is -0.465. The van der Waals surface area contributed by atoms with Gasteiger partial charge < -0.3 is 15.5 Å². The summed E-state index contributed by atoms with van der Waals surface area (Å²) in [6.45, 7) is 1.38. The molecule has 9 nitrogen and oxygen atoms in total. The Labute approximate surface area is 201 Å². The molecule has 2 aliphatic heterocycles. The van der Waals surface area contributed by atoms with Gasteiger partial charge in [-0.05, 0) is 67.4 Å². The number of anilines is 1. The number of nitrogens with zero attached hydrogens (tertiary/aromatic N) is 2. The number of amides is 4. The van der Waals surface area contributed by atoms with Crippen molar-refractivity contribution in [3.8, 4) is 0 Å². The predicted molar refractivity (Wildman–Crippen MR) is 126 cm³/mol. The molecular weight excluding hydrogens is 448 g/mol. The van der Waals surface area contributed by atoms with Gasteiger partial charge in [0.15, 0.2) is 0 Å². The van der Waals surface area contributed by atoms with Crippen LogP contribution in [0.15, 0.2) is 65.3 Å². The standard InChI is InChI=1S/C26H24N4O5/c27-23(31)22-7-2-10-29(22)14-16-4-1-5-18(12-16)28-24(32)17-8-9-20-21(13-17)26(34)30(25(20)33)15-19-6-3-11-35-19/h1,3-6,8-9,11-13,22H,2,7,10,14-15H2,(H2,27,31)(H,28,32). The fraction of sp³-hybridized carbons (Fsp3) is 0.231. The molecule has 1 atom stereocenters. The van der Waals surface area contributed by atoms with E-state index in [-0.39, 0.29) is 35.2 Å². The molecule has 4 amide bonds. The number of rotatable bonds is 7. The Hall–Kier alpha value is -4.24. The molecule has 0 saturated carbocycles. The van der Waals surface area contributed by atoms with Crippen LogP contribution in [-0.4, -0.2) is 46.0 Å². The SMILES string of the molecule is NC(=O)C1CCCN1Cc1cccc(NC(=O)c2ccc3c(c2)C(=O)N(Cc2ccco2)C3=O)c1. The fourth-order valence-corrected chi connectivity index (χ4v) is 4.66. The van der Waals surface area contributed by atoms with Crippen LogP contribution in [0.1, 0.15) is 55.2 Å². The monoisotopic (exact) mass is 472 g/mol. The van der Waals surface area contributed by atoms with Crippen LogP contribution in [0, 0.1) is 0 Å². The van der Waals surface area contributed by atoms with Gasteiger partial charge in [0.2, 0.25) is 5.91 Å². The molecule has 1 fully saturated rings. The maximum atomic E-state index is 12.9. The quantitative estimate of drug-likeness (QED) is 0.509. The van der Waals surface area contributed by atoms with Gasteiger partial charge in [-0.15, -0.1) is 0 Å². The summed E-state index contributed by atoms with van der Waals surface area (Å²) in [5.41, 5.74) is 7.76. The normalized spacial score (nSPS) is 17.6. The van der Waals surface area contributed by atoms with Crippen LogP contribution < -0.4 is 11.1 Å². The van der Waals surface area contributed by atoms with Crippen molar-refractivity contribution >= 4 is 29.3 Å². The first-order valence-corrected chi connectivity index (χ1v) is 11.4. The predicted octanol–water partition coefficient (Wildman–Crippen LogP) is 2.78. The number of nitrogens with one attached hydrogen (secondary N) is 1. The number of fused-ring (bicyclic) bond motifs is 1. The van der Waals surface area contributed by atoms with Gasteiger partial charge >= 0.3 is 0 Å². The van der Waals surface area contributed by atoms with Crippen LogP contribution in [0.25, 0.3) is 0 Å². The van der Waals surface area contributed by atoms with Crippen LogP contribution in [-0.2, 0) is 17.9 Å². The summed E-state index contributed by atoms with van der Waals surface area (Å²) in [7, 11) is 0. The molecule has 35 heavy (non-hydrogen) atoms. The maximum Gasteiger partial charge on any atom is 0.261 e. The summed E-state index contributed by atoms with van der Waals surface area (Å²) >= 11 is 0. The van der Waals surface area contributed by atoms with Crippen molar-refractivity contribution in [1.82, 2.24) is 9.80 Å². The average molecular weight is 473 g/mol. The summed E-state index contributed by atoms with van der Waals surface area (Å²) in [4.78, 5) is 53.3. The van der Waals surface area contributed by atoms with Gasteiger partial charge in [-0.25, -0.2) is 0 Å². The van der Waals surface area contributed by atoms with E-state index in [1.54, 1.807) is 18.2 Å². The van der Waals surface area contributed by atoms with E-state index in [4.69, 9.17) is 10.2 Å². The van der Waals surface area contributed by atoms with Gasteiger partial charge in [-0.1, -0.05) is 12.1 Å². The Bertz CT molecular complexity index is 1320. The average Bonchev–Trinajstić information content (AvgIpc) is 3.57. The third kappa shape index (κ3) is 4.45. The van der Waals surface area contributed by atoms with Crippen molar-refractivity contribution in [2.45, 2.75) is 32.0 Å². The van der Waals surface area contributed by atoms with E-state index in [1.165, 1.54) is 24.5 Å². The fourth-order valence-electron chi connectivity index (χ4n) is 4.66. The molecule has 3 heterocycles. The van der Waals surface area contributed by atoms with Gasteiger partial charge in [-0.3, -0.25) is 29.0 Å². The third-order valence-corrected chi connectivity index (χ3v) is 6.39. The largest absolute Gasteiger partial charge is 0.467 e. The smallest absolute Gasteiger partial charge is 0.261 e. The van der Waals surface area contributed by atoms with Crippen LogP contribution in [0.2, 0.25) is 0 Å². The second-order valence-electron chi connectivity index (χ2n) is 8.72. The lowest BCUT2D eigenvalue weighted by Gasteiger charge is -2.22. The van der Waals surface area contributed by atoms with E-state index in [9.17, 15) is 19.2 Å². The van der Waals surface area contributed by atoms with Gasteiger partial charge in [0.1, 0.15) is 5.76 Å². The number of carbonyl (C=O) groups excluding carboxylic acids is 4. The molecular formula is C26H24N4O5. The zero-order valence-electron chi connectivity index (χ0n) is 18.9. The zero-order chi connectivity index (χ0) is 24.5. The Morgan fingerprint density at radius 3 is 2.60 bits per heavy atom. The number of likely N-dealkylation sites (tertiary alicyclic amines) is 1. The summed E-state index contributed by atoms with van der Waals surface area (Å²) in [5.74, 6) is -1.11. The van der Waals surface area contributed by atoms with Gasteiger partial charge in [0.05, 0.1) is 30.0 Å². The molecule has 0 radical (unpaired) electrons. The third-order valence-electron chi connectivity index (χ3n) is 6.39. The first kappa shape index (κ1) is 22.5. The summed E-state index contributed by atoms with van der Waals surface area (Å²) < 4.78 is 5.25. The summed E-state index contributed by atoms with van der Waals surface area (Å²) in [5, 5.41) is 2.85. The highest BCUT2D eigenvalue weighted by atomic mass is 16.3. The molecule has 1 saturated heterocycles. The lowest BCUT2D eigenvalue weighted by molar-refractivity contribution is -0.122. The van der Waals surface area contributed by atoms with E-state index in [2.05, 4.69) is 5.32 Å². The minimum absolute atomic E-state index is 0.0291. The van der Waals surface area contributed by atoms with Crippen molar-refractivity contribution in [2.24, 2.45) is 5.73 Å². The first-order valence-electron chi connectivity index (χ1n) is 11.4. The number of nitrogens with two attached hydrogens (primary N) is 1. The molecule has 3 N–H and O–H groups in total. The Morgan fingerprint density at radius 2 is 1.83 bits per heavy atom. The molecule has 178 valence electrons. The molecule has 2 aromatic carbocycles. The number of hydrogen-bond donors (Lipinski definition) is 2. The van der Waals surface area contributed by atoms with Gasteiger partial charge in [-0.2, -0.15) is 0 Å². The highest BCUT2D eigenvalue weighted by Crippen LogP contribution is 2.26. The second kappa shape index (κ2) is 9.19. The number of furan rings is 1. The summed E-state index contributed by atoms with van der Waals surface area (Å²) in [6.07, 6.45) is 3.15. The molecule has 0 aliphatic carbocycles. The number of hydrogen-bond acceptors (Lipinski definition) is 6. The lowest BCUT2D eigenvalue weighted by Crippen LogP contribution is -2.39. The van der Waals surface area contributed by atoms with E-state index in [1.807, 2.05) is 23.1 Å². The van der Waals surface area contributed by atoms with Crippen molar-refractivity contribution < 1.29 is 23.6 Å². The van der Waals surface area contributed by atoms with E-state index < -0.39 is 17.7 Å². The second-order valence-corrected chi connectivity index (χ2v) is 8.72. The zero-order valence-corrected chi connectivity index (χ0v) is 18.9. The van der Waals surface area contributed by atoms with Crippen LogP contribution in [0.4, 0.5) is 5.69 Å². The molecule has 1 unspecified atom stereocenters. The van der Waals surface area contributed by atoms with Crippen LogP contribution in [0.5, 0.6) is 0 Å². The Balaban J connectivity index is 1.29. The number of primary amides is 1. The molecule has 9 heteroatoms. The lowest BCUT2D eigenvalue weighted by atomic mass is 10.1. The number of benzene rings is 2. The van der Waals surface area contributed by atoms with E-state index in [0.29, 0.717) is 18.0 Å². The molecule has 3 aromatic rings. The Kier molecular flexibility index (Phi) is 5.92. The number of carbonyl (C=O) groups is 4. The van der Waals surface area contributed by atoms with Crippen LogP contribution in [0.3, 0.4) is 0 Å². The molecule has 0 spiro atoms. The van der Waals surface area contributed by atoms with Gasteiger partial charge in [0, 0.05) is 17.8 Å². The maximum absolute atomic E-state index is 12.9. The van der Waals surface area contributed by atoms with E-state index >= 15 is 0 Å². The van der Waals surface area contributed by atoms with Crippen molar-refractivity contribution in [1.29, 1.82) is 0 Å². The molecule has 2 aliphatic rings. The minimum Gasteiger partial charge on any atom is -0.467 e. The first-order chi connectivity index (χ1) is 16.9. The highest BCUT2D eigenvalue weighted by molar-refractivity contribution is 6.22. The molecule has 5 rings (SSSR count). The number of imide groups is 1.